The molecule has 35 heavy (non-hydrogen) atoms. The number of aryl methyl sites for hydroxylation is 2. The van der Waals surface area contributed by atoms with Crippen LogP contribution in [0.4, 0.5) is 11.8 Å². The molecule has 2 heterocycles. The number of aromatic nitrogens is 3. The molecule has 0 saturated heterocycles. The summed E-state index contributed by atoms with van der Waals surface area (Å²) in [5.74, 6) is 0.607. The van der Waals surface area contributed by atoms with E-state index in [0.29, 0.717) is 24.7 Å². The van der Waals surface area contributed by atoms with Crippen LogP contribution in [-0.2, 0) is 6.54 Å². The lowest BCUT2D eigenvalue weighted by Crippen LogP contribution is -2.35. The van der Waals surface area contributed by atoms with Gasteiger partial charge in [-0.2, -0.15) is 4.98 Å². The molecule has 2 aromatic heterocycles. The molecule has 0 unspecified atom stereocenters. The summed E-state index contributed by atoms with van der Waals surface area (Å²) in [4.78, 5) is 14.3. The van der Waals surface area contributed by atoms with Crippen molar-refractivity contribution in [1.29, 1.82) is 0 Å². The van der Waals surface area contributed by atoms with E-state index in [-0.39, 0.29) is 6.61 Å². The summed E-state index contributed by atoms with van der Waals surface area (Å²) in [5.41, 5.74) is 4.73. The van der Waals surface area contributed by atoms with Crippen LogP contribution in [0.25, 0.3) is 20.8 Å². The van der Waals surface area contributed by atoms with Crippen molar-refractivity contribution >= 4 is 33.3 Å². The van der Waals surface area contributed by atoms with Crippen LogP contribution >= 0.6 is 11.3 Å². The maximum atomic E-state index is 10.6. The van der Waals surface area contributed by atoms with Gasteiger partial charge in [0.05, 0.1) is 33.6 Å². The van der Waals surface area contributed by atoms with E-state index < -0.39 is 24.2 Å². The van der Waals surface area contributed by atoms with Gasteiger partial charge in [-0.3, -0.25) is 0 Å². The first-order valence-electron chi connectivity index (χ1n) is 11.7. The number of para-hydroxylation sites is 1. The smallest absolute Gasteiger partial charge is 0.225 e. The Morgan fingerprint density at radius 2 is 1.74 bits per heavy atom. The molecule has 5 N–H and O–H groups in total. The highest BCUT2D eigenvalue weighted by Gasteiger charge is 2.41. The van der Waals surface area contributed by atoms with Gasteiger partial charge in [0.2, 0.25) is 5.95 Å². The Bertz CT molecular complexity index is 1290. The first kappa shape index (κ1) is 23.6. The fourth-order valence-corrected chi connectivity index (χ4v) is 5.57. The Morgan fingerprint density at radius 1 is 0.971 bits per heavy atom. The van der Waals surface area contributed by atoms with E-state index in [0.717, 1.165) is 32.0 Å². The summed E-state index contributed by atoms with van der Waals surface area (Å²) in [6.45, 7) is 4.35. The van der Waals surface area contributed by atoms with E-state index in [1.165, 1.54) is 5.56 Å². The fraction of sp³-hybridized carbons (Fsp3) is 0.346. The third-order valence-corrected chi connectivity index (χ3v) is 7.58. The lowest BCUT2D eigenvalue weighted by molar-refractivity contribution is 0.00446. The topological polar surface area (TPSA) is 123 Å². The van der Waals surface area contributed by atoms with E-state index in [4.69, 9.17) is 15.0 Å². The Kier molecular flexibility index (Phi) is 6.66. The van der Waals surface area contributed by atoms with E-state index in [2.05, 4.69) is 41.8 Å². The van der Waals surface area contributed by atoms with Crippen LogP contribution in [0.1, 0.15) is 23.2 Å². The van der Waals surface area contributed by atoms with Crippen molar-refractivity contribution in [3.8, 4) is 10.6 Å². The molecule has 2 aromatic carbocycles. The predicted octanol–water partition coefficient (Wildman–Crippen LogP) is 3.50. The Hall–Kier alpha value is -3.11. The van der Waals surface area contributed by atoms with Crippen LogP contribution < -0.4 is 10.6 Å². The van der Waals surface area contributed by atoms with Gasteiger partial charge in [0, 0.05) is 19.1 Å². The highest BCUT2D eigenvalue weighted by molar-refractivity contribution is 7.21. The molecule has 0 bridgehead atoms. The van der Waals surface area contributed by atoms with Gasteiger partial charge in [-0.25, -0.2) is 9.97 Å². The van der Waals surface area contributed by atoms with Crippen molar-refractivity contribution in [2.45, 2.75) is 45.1 Å². The molecule has 1 saturated carbocycles. The van der Waals surface area contributed by atoms with Gasteiger partial charge in [0.25, 0.3) is 0 Å². The fourth-order valence-electron chi connectivity index (χ4n) is 4.50. The molecule has 0 spiro atoms. The molecule has 0 radical (unpaired) electrons. The molecule has 9 heteroatoms. The lowest BCUT2D eigenvalue weighted by atomic mass is 10.1. The van der Waals surface area contributed by atoms with Crippen molar-refractivity contribution in [2.24, 2.45) is 5.92 Å². The standard InChI is InChI=1S/C26H29N5O3S/c1-14-7-9-16(10-8-14)12-27-26-28-15(2)21(25-30-18-5-3-4-6-20(18)35-25)24(31-26)29-19-11-17(13-32)22(33)23(19)34/h3-10,17,19,22-23,32-34H,11-13H2,1-2H3,(H2,27,28,29,31)/t17-,19-,22-,23+/m1/s1. The number of hydrogen-bond acceptors (Lipinski definition) is 9. The number of fused-ring (bicyclic) bond motifs is 1. The van der Waals surface area contributed by atoms with Crippen LogP contribution in [0.5, 0.6) is 0 Å². The first-order chi connectivity index (χ1) is 16.9. The highest BCUT2D eigenvalue weighted by Crippen LogP contribution is 2.38. The summed E-state index contributed by atoms with van der Waals surface area (Å²) < 4.78 is 1.06. The van der Waals surface area contributed by atoms with Gasteiger partial charge in [-0.1, -0.05) is 42.0 Å². The zero-order valence-electron chi connectivity index (χ0n) is 19.6. The maximum Gasteiger partial charge on any atom is 0.225 e. The number of thiazole rings is 1. The number of aliphatic hydroxyl groups excluding tert-OH is 3. The molecular formula is C26H29N5O3S. The summed E-state index contributed by atoms with van der Waals surface area (Å²) in [6, 6.07) is 15.7. The van der Waals surface area contributed by atoms with Gasteiger partial charge in [-0.15, -0.1) is 11.3 Å². The monoisotopic (exact) mass is 491 g/mol. The molecular weight excluding hydrogens is 462 g/mol. The van der Waals surface area contributed by atoms with Crippen LogP contribution in [0, 0.1) is 19.8 Å². The van der Waals surface area contributed by atoms with E-state index in [1.54, 1.807) is 11.3 Å². The first-order valence-corrected chi connectivity index (χ1v) is 12.5. The predicted molar refractivity (Wildman–Crippen MR) is 139 cm³/mol. The largest absolute Gasteiger partial charge is 0.396 e. The molecule has 4 atom stereocenters. The summed E-state index contributed by atoms with van der Waals surface area (Å²) in [7, 11) is 0. The molecule has 182 valence electrons. The van der Waals surface area contributed by atoms with Gasteiger partial charge in [0.15, 0.2) is 0 Å². The number of aliphatic hydroxyl groups is 3. The van der Waals surface area contributed by atoms with Crippen molar-refractivity contribution < 1.29 is 15.3 Å². The molecule has 8 nitrogen and oxygen atoms in total. The number of hydrogen-bond donors (Lipinski definition) is 5. The molecule has 5 rings (SSSR count). The van der Waals surface area contributed by atoms with Gasteiger partial charge in [-0.05, 0) is 38.0 Å². The van der Waals surface area contributed by atoms with Crippen molar-refractivity contribution in [3.63, 3.8) is 0 Å². The number of nitrogens with one attached hydrogen (secondary N) is 2. The second-order valence-corrected chi connectivity index (χ2v) is 10.1. The normalized spacial score (nSPS) is 22.0. The Morgan fingerprint density at radius 3 is 2.46 bits per heavy atom. The SMILES string of the molecule is Cc1ccc(CNc2nc(C)c(-c3nc4ccccc4s3)c(N[C@@H]3C[C@H](CO)[C@@H](O)[C@H]3O)n2)cc1. The maximum absolute atomic E-state index is 10.6. The van der Waals surface area contributed by atoms with E-state index in [1.807, 2.05) is 31.2 Å². The molecule has 1 fully saturated rings. The Labute approximate surface area is 207 Å². The summed E-state index contributed by atoms with van der Waals surface area (Å²) in [6.07, 6.45) is -1.59. The minimum atomic E-state index is -1.02. The molecule has 1 aliphatic rings. The number of anilines is 2. The quantitative estimate of drug-likeness (QED) is 0.266. The van der Waals surface area contributed by atoms with Gasteiger partial charge < -0.3 is 26.0 Å². The van der Waals surface area contributed by atoms with Crippen molar-refractivity contribution in [3.05, 3.63) is 65.4 Å². The van der Waals surface area contributed by atoms with Crippen molar-refractivity contribution in [2.75, 3.05) is 17.2 Å². The lowest BCUT2D eigenvalue weighted by Gasteiger charge is -2.21. The number of rotatable bonds is 7. The van der Waals surface area contributed by atoms with Gasteiger partial charge >= 0.3 is 0 Å². The van der Waals surface area contributed by atoms with E-state index in [9.17, 15) is 15.3 Å². The van der Waals surface area contributed by atoms with Crippen molar-refractivity contribution in [1.82, 2.24) is 15.0 Å². The molecule has 0 aliphatic heterocycles. The van der Waals surface area contributed by atoms with Crippen LogP contribution in [0.3, 0.4) is 0 Å². The van der Waals surface area contributed by atoms with Crippen LogP contribution in [0.2, 0.25) is 0 Å². The average molecular weight is 492 g/mol. The van der Waals surface area contributed by atoms with E-state index >= 15 is 0 Å². The average Bonchev–Trinajstić information content (AvgIpc) is 3.39. The third-order valence-electron chi connectivity index (χ3n) is 6.53. The number of benzene rings is 2. The minimum Gasteiger partial charge on any atom is -0.396 e. The zero-order valence-corrected chi connectivity index (χ0v) is 20.5. The minimum absolute atomic E-state index is 0.187. The Balaban J connectivity index is 1.50. The third kappa shape index (κ3) is 4.85. The van der Waals surface area contributed by atoms with Crippen LogP contribution in [-0.4, -0.2) is 55.1 Å². The van der Waals surface area contributed by atoms with Gasteiger partial charge in [0.1, 0.15) is 16.9 Å². The molecule has 0 amide bonds. The second-order valence-electron chi connectivity index (χ2n) is 9.09. The second kappa shape index (κ2) is 9.87. The highest BCUT2D eigenvalue weighted by atomic mass is 32.1. The summed E-state index contributed by atoms with van der Waals surface area (Å²) >= 11 is 1.56. The summed E-state index contributed by atoms with van der Waals surface area (Å²) in [5, 5.41) is 37.9. The molecule has 1 aliphatic carbocycles. The van der Waals surface area contributed by atoms with Crippen LogP contribution in [0.15, 0.2) is 48.5 Å². The molecule has 4 aromatic rings. The number of nitrogens with zero attached hydrogens (tertiary/aromatic N) is 3. The zero-order chi connectivity index (χ0) is 24.5.